The van der Waals surface area contributed by atoms with Crippen LogP contribution in [0.3, 0.4) is 0 Å². The molecule has 19 heavy (non-hydrogen) atoms. The van der Waals surface area contributed by atoms with Gasteiger partial charge in [-0.3, -0.25) is 4.90 Å². The molecule has 5 heteroatoms. The highest BCUT2D eigenvalue weighted by Crippen LogP contribution is 2.28. The maximum atomic E-state index is 13.1. The van der Waals surface area contributed by atoms with E-state index in [-0.39, 0.29) is 11.9 Å². The highest BCUT2D eigenvalue weighted by molar-refractivity contribution is 7.09. The first kappa shape index (κ1) is 14.5. The quantitative estimate of drug-likeness (QED) is 0.912. The molecule has 0 saturated carbocycles. The van der Waals surface area contributed by atoms with Gasteiger partial charge in [-0.15, -0.1) is 11.3 Å². The van der Waals surface area contributed by atoms with Gasteiger partial charge < -0.3 is 5.73 Å². The normalized spacial score (nSPS) is 12.9. The maximum absolute atomic E-state index is 13.1. The maximum Gasteiger partial charge on any atom is 0.124 e. The summed E-state index contributed by atoms with van der Waals surface area (Å²) < 4.78 is 13.1. The number of nitrogens with zero attached hydrogens (tertiary/aromatic N) is 1. The third kappa shape index (κ3) is 3.54. The van der Waals surface area contributed by atoms with Crippen molar-refractivity contribution in [3.63, 3.8) is 0 Å². The van der Waals surface area contributed by atoms with Crippen LogP contribution in [0.2, 0.25) is 5.02 Å². The number of halogens is 2. The second-order valence-corrected chi connectivity index (χ2v) is 5.85. The zero-order valence-corrected chi connectivity index (χ0v) is 12.2. The van der Waals surface area contributed by atoms with Crippen LogP contribution in [-0.2, 0) is 6.54 Å². The van der Waals surface area contributed by atoms with Gasteiger partial charge in [0.2, 0.25) is 0 Å². The van der Waals surface area contributed by atoms with Crippen LogP contribution in [0, 0.1) is 5.82 Å². The van der Waals surface area contributed by atoms with Crippen molar-refractivity contribution in [2.24, 2.45) is 5.73 Å². The summed E-state index contributed by atoms with van der Waals surface area (Å²) in [7, 11) is 2.00. The number of hydrogen-bond donors (Lipinski definition) is 1. The molecule has 0 radical (unpaired) electrons. The largest absolute Gasteiger partial charge is 0.329 e. The lowest BCUT2D eigenvalue weighted by Crippen LogP contribution is -2.30. The summed E-state index contributed by atoms with van der Waals surface area (Å²) in [5, 5.41) is 2.47. The predicted octanol–water partition coefficient (Wildman–Crippen LogP) is 3.67. The summed E-state index contributed by atoms with van der Waals surface area (Å²) in [6.07, 6.45) is 0. The number of benzene rings is 1. The van der Waals surface area contributed by atoms with E-state index in [1.54, 1.807) is 17.4 Å². The number of thiophene rings is 1. The van der Waals surface area contributed by atoms with E-state index in [4.69, 9.17) is 17.3 Å². The lowest BCUT2D eigenvalue weighted by atomic mass is 10.1. The topological polar surface area (TPSA) is 29.3 Å². The first-order valence-corrected chi connectivity index (χ1v) is 7.25. The molecule has 2 N–H and O–H groups in total. The Balaban J connectivity index is 2.18. The zero-order valence-electron chi connectivity index (χ0n) is 10.6. The molecule has 0 fully saturated rings. The molecule has 2 rings (SSSR count). The van der Waals surface area contributed by atoms with Crippen LogP contribution in [0.25, 0.3) is 0 Å². The molecular weight excluding hydrogens is 283 g/mol. The van der Waals surface area contributed by atoms with E-state index in [0.29, 0.717) is 11.6 Å². The third-order valence-corrected chi connectivity index (χ3v) is 4.25. The Labute approximate surface area is 121 Å². The summed E-state index contributed by atoms with van der Waals surface area (Å²) in [4.78, 5) is 3.39. The Morgan fingerprint density at radius 3 is 2.79 bits per heavy atom. The molecule has 0 aliphatic rings. The van der Waals surface area contributed by atoms with Gasteiger partial charge in [0.15, 0.2) is 0 Å². The standard InChI is InChI=1S/C14H16ClFN2S/c1-18(9-11-3-2-6-19-11)14(8-17)12-5-4-10(16)7-13(12)15/h2-7,14H,8-9,17H2,1H3. The molecular formula is C14H16ClFN2S. The molecule has 0 aliphatic carbocycles. The minimum Gasteiger partial charge on any atom is -0.329 e. The summed E-state index contributed by atoms with van der Waals surface area (Å²) >= 11 is 7.81. The lowest BCUT2D eigenvalue weighted by Gasteiger charge is -2.27. The third-order valence-electron chi connectivity index (χ3n) is 3.06. The highest BCUT2D eigenvalue weighted by atomic mass is 35.5. The monoisotopic (exact) mass is 298 g/mol. The Hall–Kier alpha value is -0.940. The minimum atomic E-state index is -0.328. The first-order chi connectivity index (χ1) is 9.11. The second-order valence-electron chi connectivity index (χ2n) is 4.41. The minimum absolute atomic E-state index is 0.0183. The molecule has 0 amide bonds. The van der Waals surface area contributed by atoms with Crippen LogP contribution in [0.1, 0.15) is 16.5 Å². The molecule has 0 bridgehead atoms. The van der Waals surface area contributed by atoms with Crippen LogP contribution >= 0.6 is 22.9 Å². The molecule has 102 valence electrons. The van der Waals surface area contributed by atoms with E-state index in [9.17, 15) is 4.39 Å². The molecule has 1 atom stereocenters. The van der Waals surface area contributed by atoms with Crippen LogP contribution in [0.5, 0.6) is 0 Å². The van der Waals surface area contributed by atoms with Crippen molar-refractivity contribution < 1.29 is 4.39 Å². The van der Waals surface area contributed by atoms with Gasteiger partial charge in [0.1, 0.15) is 5.82 Å². The molecule has 1 heterocycles. The van der Waals surface area contributed by atoms with Crippen molar-refractivity contribution in [3.8, 4) is 0 Å². The average molecular weight is 299 g/mol. The van der Waals surface area contributed by atoms with Gasteiger partial charge >= 0.3 is 0 Å². The van der Waals surface area contributed by atoms with Gasteiger partial charge in [0.25, 0.3) is 0 Å². The molecule has 1 unspecified atom stereocenters. The summed E-state index contributed by atoms with van der Waals surface area (Å²) in [5.74, 6) is -0.328. The Morgan fingerprint density at radius 1 is 1.42 bits per heavy atom. The predicted molar refractivity (Wildman–Crippen MR) is 79.0 cm³/mol. The number of rotatable bonds is 5. The van der Waals surface area contributed by atoms with E-state index in [1.165, 1.54) is 17.0 Å². The number of likely N-dealkylation sites (N-methyl/N-ethyl adjacent to an activating group) is 1. The fourth-order valence-corrected chi connectivity index (χ4v) is 3.14. The fraction of sp³-hybridized carbons (Fsp3) is 0.286. The lowest BCUT2D eigenvalue weighted by molar-refractivity contribution is 0.244. The van der Waals surface area contributed by atoms with E-state index < -0.39 is 0 Å². The van der Waals surface area contributed by atoms with Gasteiger partial charge in [-0.05, 0) is 36.2 Å². The molecule has 2 aromatic rings. The van der Waals surface area contributed by atoms with Crippen molar-refractivity contribution >= 4 is 22.9 Å². The summed E-state index contributed by atoms with van der Waals surface area (Å²) in [6.45, 7) is 1.24. The molecule has 1 aromatic heterocycles. The van der Waals surface area contributed by atoms with Gasteiger partial charge in [0.05, 0.1) is 0 Å². The number of nitrogens with two attached hydrogens (primary N) is 1. The fourth-order valence-electron chi connectivity index (χ4n) is 2.07. The molecule has 0 saturated heterocycles. The van der Waals surface area contributed by atoms with Crippen molar-refractivity contribution in [1.82, 2.24) is 4.90 Å². The van der Waals surface area contributed by atoms with Crippen molar-refractivity contribution in [3.05, 3.63) is 57.0 Å². The summed E-state index contributed by atoms with van der Waals surface area (Å²) in [6, 6.07) is 8.55. The van der Waals surface area contributed by atoms with Crippen molar-refractivity contribution in [1.29, 1.82) is 0 Å². The Bertz CT molecular complexity index is 530. The number of hydrogen-bond acceptors (Lipinski definition) is 3. The van der Waals surface area contributed by atoms with Gasteiger partial charge in [0, 0.05) is 29.0 Å². The highest BCUT2D eigenvalue weighted by Gasteiger charge is 2.19. The smallest absolute Gasteiger partial charge is 0.124 e. The van der Waals surface area contributed by atoms with E-state index >= 15 is 0 Å². The van der Waals surface area contributed by atoms with Gasteiger partial charge in [-0.2, -0.15) is 0 Å². The van der Waals surface area contributed by atoms with E-state index in [1.807, 2.05) is 18.5 Å². The molecule has 0 aliphatic heterocycles. The molecule has 1 aromatic carbocycles. The van der Waals surface area contributed by atoms with E-state index in [2.05, 4.69) is 11.0 Å². The van der Waals surface area contributed by atoms with Crippen LogP contribution in [0.15, 0.2) is 35.7 Å². The van der Waals surface area contributed by atoms with Gasteiger partial charge in [-0.25, -0.2) is 4.39 Å². The van der Waals surface area contributed by atoms with Crippen molar-refractivity contribution in [2.75, 3.05) is 13.6 Å². The van der Waals surface area contributed by atoms with Crippen molar-refractivity contribution in [2.45, 2.75) is 12.6 Å². The van der Waals surface area contributed by atoms with Crippen LogP contribution in [0.4, 0.5) is 4.39 Å². The van der Waals surface area contributed by atoms with Crippen LogP contribution < -0.4 is 5.73 Å². The first-order valence-electron chi connectivity index (χ1n) is 5.99. The average Bonchev–Trinajstić information content (AvgIpc) is 2.85. The van der Waals surface area contributed by atoms with Crippen LogP contribution in [-0.4, -0.2) is 18.5 Å². The molecule has 2 nitrogen and oxygen atoms in total. The van der Waals surface area contributed by atoms with E-state index in [0.717, 1.165) is 12.1 Å². The second kappa shape index (κ2) is 6.48. The zero-order chi connectivity index (χ0) is 13.8. The Kier molecular flexibility index (Phi) is 4.93. The molecule has 0 spiro atoms. The van der Waals surface area contributed by atoms with Gasteiger partial charge in [-0.1, -0.05) is 23.7 Å². The SMILES string of the molecule is CN(Cc1cccs1)C(CN)c1ccc(F)cc1Cl. The summed E-state index contributed by atoms with van der Waals surface area (Å²) in [5.41, 5.74) is 6.72. The Morgan fingerprint density at radius 2 is 2.21 bits per heavy atom.